The number of rotatable bonds is 3. The number of nitrogens with zero attached hydrogens (tertiary/aromatic N) is 3. The predicted octanol–water partition coefficient (Wildman–Crippen LogP) is 1.66. The number of carbonyl (C=O) groups excluding carboxylic acids is 1. The Kier molecular flexibility index (Phi) is 3.96. The molecule has 2 heterocycles. The van der Waals surface area contributed by atoms with E-state index in [1.54, 1.807) is 24.3 Å². The van der Waals surface area contributed by atoms with E-state index in [1.165, 1.54) is 6.33 Å². The van der Waals surface area contributed by atoms with Crippen molar-refractivity contribution >= 4 is 5.91 Å². The molecule has 0 saturated carbocycles. The Hall–Kier alpha value is -2.21. The highest BCUT2D eigenvalue weighted by molar-refractivity contribution is 5.94. The second kappa shape index (κ2) is 6.05. The largest absolute Gasteiger partial charge is 0.392 e. The smallest absolute Gasteiger partial charge is 0.254 e. The molecule has 1 saturated heterocycles. The van der Waals surface area contributed by atoms with Gasteiger partial charge in [-0.05, 0) is 37.0 Å². The van der Waals surface area contributed by atoms with E-state index in [1.807, 2.05) is 4.90 Å². The maximum atomic E-state index is 12.8. The van der Waals surface area contributed by atoms with Gasteiger partial charge >= 0.3 is 0 Å². The highest BCUT2D eigenvalue weighted by atomic mass is 16.3. The van der Waals surface area contributed by atoms with Crippen molar-refractivity contribution in [2.24, 2.45) is 0 Å². The molecule has 2 aromatic rings. The van der Waals surface area contributed by atoms with Crippen molar-refractivity contribution in [3.05, 3.63) is 47.5 Å². The summed E-state index contributed by atoms with van der Waals surface area (Å²) < 4.78 is 0. The Bertz CT molecular complexity index is 612. The Morgan fingerprint density at radius 2 is 2.33 bits per heavy atom. The van der Waals surface area contributed by atoms with Gasteiger partial charge in [0.05, 0.1) is 12.6 Å². The predicted molar refractivity (Wildman–Crippen MR) is 76.4 cm³/mol. The van der Waals surface area contributed by atoms with Crippen LogP contribution in [0.2, 0.25) is 0 Å². The second-order valence-electron chi connectivity index (χ2n) is 5.24. The lowest BCUT2D eigenvalue weighted by Gasteiger charge is -2.34. The van der Waals surface area contributed by atoms with Gasteiger partial charge in [-0.15, -0.1) is 0 Å². The van der Waals surface area contributed by atoms with Crippen molar-refractivity contribution < 1.29 is 9.90 Å². The van der Waals surface area contributed by atoms with Crippen LogP contribution < -0.4 is 0 Å². The number of likely N-dealkylation sites (tertiary alicyclic amines) is 1. The van der Waals surface area contributed by atoms with E-state index in [0.29, 0.717) is 12.1 Å². The summed E-state index contributed by atoms with van der Waals surface area (Å²) in [6, 6.07) is 7.08. The van der Waals surface area contributed by atoms with Crippen LogP contribution in [0.4, 0.5) is 0 Å². The molecular weight excluding hydrogens is 268 g/mol. The van der Waals surface area contributed by atoms with Crippen LogP contribution in [-0.4, -0.2) is 37.6 Å². The molecule has 3 rings (SSSR count). The number of aliphatic hydroxyl groups is 1. The third-order valence-corrected chi connectivity index (χ3v) is 3.87. The zero-order valence-electron chi connectivity index (χ0n) is 11.7. The van der Waals surface area contributed by atoms with Gasteiger partial charge in [-0.2, -0.15) is 5.10 Å². The molecule has 0 radical (unpaired) electrons. The Morgan fingerprint density at radius 1 is 1.43 bits per heavy atom. The minimum Gasteiger partial charge on any atom is -0.392 e. The van der Waals surface area contributed by atoms with E-state index in [4.69, 9.17) is 0 Å². The fraction of sp³-hybridized carbons (Fsp3) is 0.400. The van der Waals surface area contributed by atoms with Gasteiger partial charge in [0.15, 0.2) is 0 Å². The standard InChI is InChI=1S/C15H18N4O2/c20-9-11-4-3-5-12(8-11)15(21)19-7-2-1-6-13(19)14-16-10-17-18-14/h3-5,8,10,13,20H,1-2,6-7,9H2,(H,16,17,18). The first-order valence-electron chi connectivity index (χ1n) is 7.15. The number of aliphatic hydroxyl groups excluding tert-OH is 1. The Balaban J connectivity index is 1.87. The zero-order valence-corrected chi connectivity index (χ0v) is 11.7. The van der Waals surface area contributed by atoms with Crippen LogP contribution in [0.3, 0.4) is 0 Å². The van der Waals surface area contributed by atoms with Crippen molar-refractivity contribution in [1.82, 2.24) is 20.1 Å². The third kappa shape index (κ3) is 2.80. The average molecular weight is 286 g/mol. The van der Waals surface area contributed by atoms with Crippen molar-refractivity contribution in [2.75, 3.05) is 6.54 Å². The number of nitrogens with one attached hydrogen (secondary N) is 1. The molecule has 6 nitrogen and oxygen atoms in total. The molecule has 1 fully saturated rings. The summed E-state index contributed by atoms with van der Waals surface area (Å²) in [6.45, 7) is 0.653. The molecule has 0 bridgehead atoms. The molecule has 1 amide bonds. The van der Waals surface area contributed by atoms with Crippen LogP contribution in [0, 0.1) is 0 Å². The average Bonchev–Trinajstić information content (AvgIpc) is 3.08. The van der Waals surface area contributed by atoms with Crippen LogP contribution in [0.1, 0.15) is 47.1 Å². The summed E-state index contributed by atoms with van der Waals surface area (Å²) in [5, 5.41) is 16.0. The number of carbonyl (C=O) groups is 1. The molecule has 0 spiro atoms. The third-order valence-electron chi connectivity index (χ3n) is 3.87. The summed E-state index contributed by atoms with van der Waals surface area (Å²) in [7, 11) is 0. The van der Waals surface area contributed by atoms with Gasteiger partial charge in [0.25, 0.3) is 5.91 Å². The van der Waals surface area contributed by atoms with Gasteiger partial charge < -0.3 is 10.0 Å². The number of aromatic amines is 1. The fourth-order valence-corrected chi connectivity index (χ4v) is 2.80. The van der Waals surface area contributed by atoms with Crippen molar-refractivity contribution in [1.29, 1.82) is 0 Å². The summed E-state index contributed by atoms with van der Waals surface area (Å²) in [5.41, 5.74) is 1.35. The van der Waals surface area contributed by atoms with E-state index in [-0.39, 0.29) is 18.6 Å². The minimum absolute atomic E-state index is 0.0219. The van der Waals surface area contributed by atoms with Crippen LogP contribution in [-0.2, 0) is 6.61 Å². The van der Waals surface area contributed by atoms with Crippen molar-refractivity contribution in [3.63, 3.8) is 0 Å². The molecule has 110 valence electrons. The van der Waals surface area contributed by atoms with E-state index >= 15 is 0 Å². The molecule has 6 heteroatoms. The zero-order chi connectivity index (χ0) is 14.7. The lowest BCUT2D eigenvalue weighted by molar-refractivity contribution is 0.0600. The molecule has 1 aromatic heterocycles. The van der Waals surface area contributed by atoms with Crippen LogP contribution in [0.25, 0.3) is 0 Å². The van der Waals surface area contributed by atoms with Crippen molar-refractivity contribution in [2.45, 2.75) is 31.9 Å². The second-order valence-corrected chi connectivity index (χ2v) is 5.24. The number of piperidine rings is 1. The number of aromatic nitrogens is 3. The van der Waals surface area contributed by atoms with E-state index in [2.05, 4.69) is 15.2 Å². The first-order valence-corrected chi connectivity index (χ1v) is 7.15. The fourth-order valence-electron chi connectivity index (χ4n) is 2.80. The van der Waals surface area contributed by atoms with Gasteiger partial charge in [0.2, 0.25) is 0 Å². The maximum absolute atomic E-state index is 12.8. The first-order chi connectivity index (χ1) is 10.3. The molecular formula is C15H18N4O2. The van der Waals surface area contributed by atoms with Crippen LogP contribution in [0.15, 0.2) is 30.6 Å². The van der Waals surface area contributed by atoms with E-state index in [0.717, 1.165) is 30.7 Å². The highest BCUT2D eigenvalue weighted by Gasteiger charge is 2.30. The van der Waals surface area contributed by atoms with E-state index in [9.17, 15) is 9.90 Å². The van der Waals surface area contributed by atoms with Gasteiger partial charge in [-0.25, -0.2) is 4.98 Å². The summed E-state index contributed by atoms with van der Waals surface area (Å²) in [6.07, 6.45) is 4.43. The van der Waals surface area contributed by atoms with Crippen LogP contribution in [0.5, 0.6) is 0 Å². The minimum atomic E-state index is -0.0628. The lowest BCUT2D eigenvalue weighted by Crippen LogP contribution is -2.39. The molecule has 1 atom stereocenters. The molecule has 1 aliphatic heterocycles. The molecule has 1 aromatic carbocycles. The monoisotopic (exact) mass is 286 g/mol. The number of hydrogen-bond acceptors (Lipinski definition) is 4. The van der Waals surface area contributed by atoms with Crippen LogP contribution >= 0.6 is 0 Å². The summed E-state index contributed by atoms with van der Waals surface area (Å²) in [4.78, 5) is 18.8. The molecule has 2 N–H and O–H groups in total. The van der Waals surface area contributed by atoms with Gasteiger partial charge in [0, 0.05) is 12.1 Å². The molecule has 21 heavy (non-hydrogen) atoms. The summed E-state index contributed by atoms with van der Waals surface area (Å²) >= 11 is 0. The maximum Gasteiger partial charge on any atom is 0.254 e. The molecule has 1 aliphatic rings. The molecule has 0 aliphatic carbocycles. The summed E-state index contributed by atoms with van der Waals surface area (Å²) in [5.74, 6) is 0.716. The highest BCUT2D eigenvalue weighted by Crippen LogP contribution is 2.30. The SMILES string of the molecule is O=C(c1cccc(CO)c1)N1CCCCC1c1ncn[nH]1. The Labute approximate surface area is 122 Å². The number of hydrogen-bond donors (Lipinski definition) is 2. The quantitative estimate of drug-likeness (QED) is 0.899. The number of amides is 1. The first kappa shape index (κ1) is 13.8. The van der Waals surface area contributed by atoms with Crippen molar-refractivity contribution in [3.8, 4) is 0 Å². The van der Waals surface area contributed by atoms with Gasteiger partial charge in [-0.1, -0.05) is 12.1 Å². The topological polar surface area (TPSA) is 82.1 Å². The molecule has 1 unspecified atom stereocenters. The van der Waals surface area contributed by atoms with Gasteiger partial charge in [0.1, 0.15) is 12.2 Å². The number of H-pyrrole nitrogens is 1. The number of benzene rings is 1. The Morgan fingerprint density at radius 3 is 3.10 bits per heavy atom. The van der Waals surface area contributed by atoms with E-state index < -0.39 is 0 Å². The lowest BCUT2D eigenvalue weighted by atomic mass is 10.00. The normalized spacial score (nSPS) is 18.7. The van der Waals surface area contributed by atoms with Gasteiger partial charge in [-0.3, -0.25) is 9.89 Å².